The zero-order chi connectivity index (χ0) is 26.0. The van der Waals surface area contributed by atoms with Gasteiger partial charge in [-0.1, -0.05) is 17.7 Å². The average molecular weight is 514 g/mol. The molecular weight excluding hydrogens is 490 g/mol. The van der Waals surface area contributed by atoms with Crippen LogP contribution in [0.1, 0.15) is 11.1 Å². The molecule has 4 amide bonds. The van der Waals surface area contributed by atoms with Crippen LogP contribution in [0.3, 0.4) is 0 Å². The number of fused-ring (bicyclic) bond motifs is 4. The van der Waals surface area contributed by atoms with Crippen molar-refractivity contribution in [1.82, 2.24) is 14.5 Å². The fourth-order valence-electron chi connectivity index (χ4n) is 5.30. The van der Waals surface area contributed by atoms with E-state index in [1.54, 1.807) is 23.1 Å². The predicted octanol–water partition coefficient (Wildman–Crippen LogP) is 1.03. The number of aryl methyl sites for hydroxylation is 1. The van der Waals surface area contributed by atoms with Crippen molar-refractivity contribution in [2.75, 3.05) is 31.6 Å². The van der Waals surface area contributed by atoms with Crippen LogP contribution in [0.25, 0.3) is 0 Å². The van der Waals surface area contributed by atoms with Gasteiger partial charge in [-0.05, 0) is 30.7 Å². The maximum atomic E-state index is 13.6. The van der Waals surface area contributed by atoms with Crippen molar-refractivity contribution in [2.24, 2.45) is 5.41 Å². The van der Waals surface area contributed by atoms with Gasteiger partial charge >= 0.3 is 6.03 Å². The highest BCUT2D eigenvalue weighted by atomic mass is 32.2. The first-order chi connectivity index (χ1) is 17.0. The Hall–Kier alpha value is -3.84. The van der Waals surface area contributed by atoms with E-state index in [1.807, 2.05) is 6.92 Å². The Labute approximate surface area is 206 Å². The third-order valence-electron chi connectivity index (χ3n) is 7.24. The van der Waals surface area contributed by atoms with E-state index in [0.29, 0.717) is 11.3 Å². The second-order valence-corrected chi connectivity index (χ2v) is 11.2. The van der Waals surface area contributed by atoms with E-state index in [-0.39, 0.29) is 36.6 Å². The standard InChI is InChI=1S/C23H23N5O7S/c1-14-3-6-17(7-4-14)36(34,35)26-9-10-27-18-8-5-16(28(32)33)11-15(18)12-23(19(27)13-26)20(29)24-22(31)25(2)21(23)30/h3-8,11,19H,9-10,12-13H2,1-2H3,(H,24,29,31)/t19-,23-/m1/s1. The summed E-state index contributed by atoms with van der Waals surface area (Å²) >= 11 is 0. The fourth-order valence-corrected chi connectivity index (χ4v) is 6.74. The molecule has 0 aromatic heterocycles. The van der Waals surface area contributed by atoms with Crippen LogP contribution in [0.5, 0.6) is 0 Å². The van der Waals surface area contributed by atoms with Crippen LogP contribution in [-0.4, -0.2) is 73.1 Å². The van der Waals surface area contributed by atoms with Gasteiger partial charge in [0.05, 0.1) is 15.9 Å². The number of non-ortho nitro benzene ring substituents is 1. The molecule has 2 saturated heterocycles. The summed E-state index contributed by atoms with van der Waals surface area (Å²) in [5.74, 6) is -1.63. The number of hydrogen-bond acceptors (Lipinski definition) is 8. The quantitative estimate of drug-likeness (QED) is 0.363. The Morgan fingerprint density at radius 1 is 1.08 bits per heavy atom. The van der Waals surface area contributed by atoms with Crippen LogP contribution in [-0.2, 0) is 26.0 Å². The molecule has 0 unspecified atom stereocenters. The topological polar surface area (TPSA) is 150 Å². The van der Waals surface area contributed by atoms with Gasteiger partial charge in [-0.15, -0.1) is 0 Å². The predicted molar refractivity (Wildman–Crippen MR) is 127 cm³/mol. The van der Waals surface area contributed by atoms with E-state index >= 15 is 0 Å². The average Bonchev–Trinajstić information content (AvgIpc) is 2.85. The third kappa shape index (κ3) is 3.38. The first-order valence-electron chi connectivity index (χ1n) is 11.2. The highest BCUT2D eigenvalue weighted by Gasteiger charge is 2.63. The lowest BCUT2D eigenvalue weighted by Crippen LogP contribution is -2.74. The lowest BCUT2D eigenvalue weighted by molar-refractivity contribution is -0.384. The Balaban J connectivity index is 1.63. The van der Waals surface area contributed by atoms with Gasteiger partial charge in [0, 0.05) is 50.9 Å². The summed E-state index contributed by atoms with van der Waals surface area (Å²) in [5, 5.41) is 13.6. The van der Waals surface area contributed by atoms with Crippen molar-refractivity contribution in [3.63, 3.8) is 0 Å². The molecule has 2 aromatic rings. The van der Waals surface area contributed by atoms with Gasteiger partial charge in [-0.3, -0.25) is 29.9 Å². The molecule has 12 nitrogen and oxygen atoms in total. The minimum absolute atomic E-state index is 0.0732. The molecule has 0 aliphatic carbocycles. The summed E-state index contributed by atoms with van der Waals surface area (Å²) in [6.45, 7) is 1.87. The summed E-state index contributed by atoms with van der Waals surface area (Å²) in [5.41, 5.74) is -0.166. The van der Waals surface area contributed by atoms with E-state index in [0.717, 1.165) is 10.5 Å². The number of amides is 4. The maximum Gasteiger partial charge on any atom is 0.330 e. The highest BCUT2D eigenvalue weighted by molar-refractivity contribution is 7.89. The van der Waals surface area contributed by atoms with Gasteiger partial charge in [0.25, 0.3) is 5.69 Å². The van der Waals surface area contributed by atoms with Gasteiger partial charge in [-0.2, -0.15) is 4.31 Å². The summed E-state index contributed by atoms with van der Waals surface area (Å²) in [6.07, 6.45) is -0.216. The number of nitro groups is 1. The van der Waals surface area contributed by atoms with Crippen molar-refractivity contribution >= 4 is 39.2 Å². The summed E-state index contributed by atoms with van der Waals surface area (Å²) in [6, 6.07) is 8.77. The van der Waals surface area contributed by atoms with Crippen molar-refractivity contribution in [3.05, 3.63) is 63.7 Å². The van der Waals surface area contributed by atoms with E-state index in [2.05, 4.69) is 5.32 Å². The Kier molecular flexibility index (Phi) is 5.37. The van der Waals surface area contributed by atoms with Crippen LogP contribution in [0.4, 0.5) is 16.2 Å². The molecule has 0 saturated carbocycles. The van der Waals surface area contributed by atoms with Gasteiger partial charge in [0.1, 0.15) is 0 Å². The maximum absolute atomic E-state index is 13.6. The van der Waals surface area contributed by atoms with Crippen LogP contribution in [0, 0.1) is 22.5 Å². The molecule has 13 heteroatoms. The summed E-state index contributed by atoms with van der Waals surface area (Å²) < 4.78 is 28.2. The molecular formula is C23H23N5O7S. The fraction of sp³-hybridized carbons (Fsp3) is 0.348. The number of rotatable bonds is 3. The monoisotopic (exact) mass is 513 g/mol. The van der Waals surface area contributed by atoms with Crippen LogP contribution in [0.2, 0.25) is 0 Å². The third-order valence-corrected chi connectivity index (χ3v) is 9.12. The van der Waals surface area contributed by atoms with Crippen LogP contribution in [0.15, 0.2) is 47.4 Å². The Bertz CT molecular complexity index is 1420. The largest absolute Gasteiger partial charge is 0.364 e. The number of carbonyl (C=O) groups excluding carboxylic acids is 3. The first kappa shape index (κ1) is 23.9. The second kappa shape index (κ2) is 8.10. The summed E-state index contributed by atoms with van der Waals surface area (Å²) in [7, 11) is -2.71. The number of nitrogens with zero attached hydrogens (tertiary/aromatic N) is 4. The molecule has 3 aliphatic heterocycles. The molecule has 2 fully saturated rings. The number of carbonyl (C=O) groups is 3. The molecule has 3 heterocycles. The van der Waals surface area contributed by atoms with Gasteiger partial charge in [0.2, 0.25) is 21.8 Å². The number of benzene rings is 2. The molecule has 5 rings (SSSR count). The normalized spacial score (nSPS) is 24.4. The number of piperazine rings is 1. The number of imide groups is 2. The molecule has 1 N–H and O–H groups in total. The number of nitro benzene ring substituents is 1. The zero-order valence-electron chi connectivity index (χ0n) is 19.5. The second-order valence-electron chi connectivity index (χ2n) is 9.23. The number of barbiturate groups is 1. The van der Waals surface area contributed by atoms with Crippen molar-refractivity contribution < 1.29 is 27.7 Å². The van der Waals surface area contributed by atoms with E-state index < -0.39 is 44.2 Å². The number of hydrogen-bond donors (Lipinski definition) is 1. The van der Waals surface area contributed by atoms with Crippen LogP contribution >= 0.6 is 0 Å². The Morgan fingerprint density at radius 2 is 1.78 bits per heavy atom. The molecule has 0 bridgehead atoms. The van der Waals surface area contributed by atoms with Gasteiger partial charge in [0.15, 0.2) is 5.41 Å². The van der Waals surface area contributed by atoms with E-state index in [1.165, 1.54) is 35.6 Å². The number of nitrogens with one attached hydrogen (secondary N) is 1. The zero-order valence-corrected chi connectivity index (χ0v) is 20.3. The minimum Gasteiger partial charge on any atom is -0.364 e. The van der Waals surface area contributed by atoms with E-state index in [9.17, 15) is 32.9 Å². The molecule has 1 spiro atoms. The van der Waals surface area contributed by atoms with Crippen molar-refractivity contribution in [2.45, 2.75) is 24.3 Å². The lowest BCUT2D eigenvalue weighted by atomic mass is 9.68. The number of urea groups is 1. The SMILES string of the molecule is Cc1ccc(S(=O)(=O)N2CCN3c4ccc([N+](=O)[O-])cc4C[C@]4(C(=O)NC(=O)N(C)C4=O)[C@H]3C2)cc1. The highest BCUT2D eigenvalue weighted by Crippen LogP contribution is 2.46. The molecule has 188 valence electrons. The first-order valence-corrected chi connectivity index (χ1v) is 12.6. The van der Waals surface area contributed by atoms with Crippen LogP contribution < -0.4 is 10.2 Å². The number of sulfonamides is 1. The van der Waals surface area contributed by atoms with Gasteiger partial charge in [-0.25, -0.2) is 13.2 Å². The van der Waals surface area contributed by atoms with Gasteiger partial charge < -0.3 is 4.90 Å². The van der Waals surface area contributed by atoms with E-state index in [4.69, 9.17) is 0 Å². The molecule has 2 atom stereocenters. The molecule has 2 aromatic carbocycles. The molecule has 36 heavy (non-hydrogen) atoms. The molecule has 3 aliphatic rings. The smallest absolute Gasteiger partial charge is 0.330 e. The molecule has 0 radical (unpaired) electrons. The minimum atomic E-state index is -3.95. The Morgan fingerprint density at radius 3 is 2.44 bits per heavy atom. The lowest BCUT2D eigenvalue weighted by Gasteiger charge is -2.54. The van der Waals surface area contributed by atoms with Crippen molar-refractivity contribution in [1.29, 1.82) is 0 Å². The number of anilines is 1. The van der Waals surface area contributed by atoms with Crippen molar-refractivity contribution in [3.8, 4) is 0 Å². The summed E-state index contributed by atoms with van der Waals surface area (Å²) in [4.78, 5) is 52.6.